The van der Waals surface area contributed by atoms with Gasteiger partial charge in [-0.15, -0.1) is 0 Å². The molecule has 0 radical (unpaired) electrons. The summed E-state index contributed by atoms with van der Waals surface area (Å²) < 4.78 is 1.84. The Labute approximate surface area is 99.1 Å². The fourth-order valence-electron chi connectivity index (χ4n) is 1.87. The van der Waals surface area contributed by atoms with Gasteiger partial charge in [0.25, 0.3) is 0 Å². The maximum absolute atomic E-state index is 5.65. The van der Waals surface area contributed by atoms with Gasteiger partial charge in [-0.2, -0.15) is 16.4 Å². The molecule has 2 rings (SSSR count). The van der Waals surface area contributed by atoms with E-state index < -0.39 is 0 Å². The Morgan fingerprint density at radius 2 is 2.44 bits per heavy atom. The second-order valence-corrected chi connectivity index (χ2v) is 4.49. The van der Waals surface area contributed by atoms with Gasteiger partial charge in [-0.05, 0) is 28.8 Å². The fraction of sp³-hybridized carbons (Fsp3) is 0.364. The number of rotatable bonds is 4. The van der Waals surface area contributed by atoms with Crippen molar-refractivity contribution in [1.82, 2.24) is 15.2 Å². The average Bonchev–Trinajstić information content (AvgIpc) is 2.89. The molecule has 0 bridgehead atoms. The molecule has 3 N–H and O–H groups in total. The smallest absolute Gasteiger partial charge is 0.0751 e. The Bertz CT molecular complexity index is 447. The first-order chi connectivity index (χ1) is 7.76. The van der Waals surface area contributed by atoms with Crippen molar-refractivity contribution in [3.05, 3.63) is 39.8 Å². The number of aryl methyl sites for hydroxylation is 2. The third kappa shape index (κ3) is 2.02. The molecule has 0 amide bonds. The highest BCUT2D eigenvalue weighted by Crippen LogP contribution is 2.25. The van der Waals surface area contributed by atoms with Gasteiger partial charge in [-0.3, -0.25) is 10.5 Å². The van der Waals surface area contributed by atoms with E-state index in [9.17, 15) is 0 Å². The Kier molecular flexibility index (Phi) is 3.38. The molecular weight excluding hydrogens is 220 g/mol. The number of hydrazine groups is 1. The van der Waals surface area contributed by atoms with Crippen LogP contribution in [0.1, 0.15) is 29.8 Å². The van der Waals surface area contributed by atoms with Gasteiger partial charge in [0, 0.05) is 18.8 Å². The molecule has 0 aliphatic heterocycles. The highest BCUT2D eigenvalue weighted by molar-refractivity contribution is 7.08. The van der Waals surface area contributed by atoms with Crippen LogP contribution in [-0.4, -0.2) is 9.78 Å². The summed E-state index contributed by atoms with van der Waals surface area (Å²) in [7, 11) is 1.93. The van der Waals surface area contributed by atoms with E-state index >= 15 is 0 Å². The zero-order chi connectivity index (χ0) is 11.5. The van der Waals surface area contributed by atoms with Gasteiger partial charge in [-0.1, -0.05) is 6.92 Å². The van der Waals surface area contributed by atoms with E-state index in [-0.39, 0.29) is 6.04 Å². The van der Waals surface area contributed by atoms with Gasteiger partial charge in [0.1, 0.15) is 0 Å². The van der Waals surface area contributed by atoms with Crippen LogP contribution in [0.25, 0.3) is 0 Å². The highest BCUT2D eigenvalue weighted by Gasteiger charge is 2.18. The molecule has 0 saturated heterocycles. The normalized spacial score (nSPS) is 12.9. The van der Waals surface area contributed by atoms with Gasteiger partial charge < -0.3 is 0 Å². The number of nitrogens with one attached hydrogen (secondary N) is 1. The minimum atomic E-state index is 0.0369. The fourth-order valence-corrected chi connectivity index (χ4v) is 2.56. The Morgan fingerprint density at radius 3 is 3.00 bits per heavy atom. The molecule has 0 spiro atoms. The van der Waals surface area contributed by atoms with Crippen molar-refractivity contribution in [2.24, 2.45) is 12.9 Å². The third-order valence-corrected chi connectivity index (χ3v) is 3.33. The number of nitrogens with two attached hydrogens (primary N) is 1. The minimum absolute atomic E-state index is 0.0369. The van der Waals surface area contributed by atoms with E-state index in [1.807, 2.05) is 17.9 Å². The van der Waals surface area contributed by atoms with Crippen LogP contribution in [0.4, 0.5) is 0 Å². The average molecular weight is 236 g/mol. The summed E-state index contributed by atoms with van der Waals surface area (Å²) in [5.41, 5.74) is 6.30. The molecule has 1 unspecified atom stereocenters. The quantitative estimate of drug-likeness (QED) is 0.626. The summed E-state index contributed by atoms with van der Waals surface area (Å²) in [6, 6.07) is 2.12. The molecule has 2 aromatic heterocycles. The van der Waals surface area contributed by atoms with Crippen molar-refractivity contribution in [3.63, 3.8) is 0 Å². The lowest BCUT2D eigenvalue weighted by atomic mass is 10.0. The van der Waals surface area contributed by atoms with Gasteiger partial charge in [0.15, 0.2) is 0 Å². The van der Waals surface area contributed by atoms with E-state index in [0.29, 0.717) is 0 Å². The van der Waals surface area contributed by atoms with Gasteiger partial charge in [0.2, 0.25) is 0 Å². The zero-order valence-corrected chi connectivity index (χ0v) is 10.3. The van der Waals surface area contributed by atoms with Gasteiger partial charge >= 0.3 is 0 Å². The van der Waals surface area contributed by atoms with Crippen LogP contribution >= 0.6 is 11.3 Å². The Hall–Kier alpha value is -1.17. The topological polar surface area (TPSA) is 55.9 Å². The van der Waals surface area contributed by atoms with Crippen molar-refractivity contribution < 1.29 is 0 Å². The van der Waals surface area contributed by atoms with Gasteiger partial charge in [0.05, 0.1) is 11.7 Å². The summed E-state index contributed by atoms with van der Waals surface area (Å²) in [6.45, 7) is 2.10. The van der Waals surface area contributed by atoms with Crippen molar-refractivity contribution in [2.45, 2.75) is 19.4 Å². The lowest BCUT2D eigenvalue weighted by Gasteiger charge is -2.14. The van der Waals surface area contributed by atoms with Crippen molar-refractivity contribution >= 4 is 11.3 Å². The first kappa shape index (κ1) is 11.3. The lowest BCUT2D eigenvalue weighted by Crippen LogP contribution is -2.28. The molecule has 0 saturated carbocycles. The van der Waals surface area contributed by atoms with E-state index in [2.05, 4.69) is 34.3 Å². The maximum atomic E-state index is 5.65. The Morgan fingerprint density at radius 1 is 1.62 bits per heavy atom. The van der Waals surface area contributed by atoms with Crippen LogP contribution in [0.3, 0.4) is 0 Å². The predicted octanol–water partition coefficient (Wildman–Crippen LogP) is 1.60. The monoisotopic (exact) mass is 236 g/mol. The summed E-state index contributed by atoms with van der Waals surface area (Å²) >= 11 is 1.68. The molecular formula is C11H16N4S. The largest absolute Gasteiger partial charge is 0.275 e. The van der Waals surface area contributed by atoms with Crippen LogP contribution in [0.15, 0.2) is 23.0 Å². The molecule has 86 valence electrons. The van der Waals surface area contributed by atoms with E-state index in [1.54, 1.807) is 11.3 Å². The zero-order valence-electron chi connectivity index (χ0n) is 9.47. The molecule has 0 fully saturated rings. The third-order valence-electron chi connectivity index (χ3n) is 2.63. The number of hydrogen-bond donors (Lipinski definition) is 2. The van der Waals surface area contributed by atoms with Crippen LogP contribution in [-0.2, 0) is 13.5 Å². The van der Waals surface area contributed by atoms with Crippen molar-refractivity contribution in [3.8, 4) is 0 Å². The van der Waals surface area contributed by atoms with E-state index in [4.69, 9.17) is 5.84 Å². The maximum Gasteiger partial charge on any atom is 0.0751 e. The van der Waals surface area contributed by atoms with Crippen LogP contribution < -0.4 is 11.3 Å². The summed E-state index contributed by atoms with van der Waals surface area (Å²) in [5, 5.41) is 8.60. The molecule has 0 aliphatic rings. The van der Waals surface area contributed by atoms with E-state index in [0.717, 1.165) is 17.7 Å². The second kappa shape index (κ2) is 4.78. The molecule has 5 heteroatoms. The second-order valence-electron chi connectivity index (χ2n) is 3.71. The van der Waals surface area contributed by atoms with Crippen LogP contribution in [0.2, 0.25) is 0 Å². The minimum Gasteiger partial charge on any atom is -0.275 e. The summed E-state index contributed by atoms with van der Waals surface area (Å²) in [4.78, 5) is 0. The molecule has 0 aromatic carbocycles. The molecule has 1 atom stereocenters. The van der Waals surface area contributed by atoms with Crippen molar-refractivity contribution in [1.29, 1.82) is 0 Å². The van der Waals surface area contributed by atoms with Crippen LogP contribution in [0, 0.1) is 0 Å². The number of hydrogen-bond acceptors (Lipinski definition) is 4. The van der Waals surface area contributed by atoms with E-state index in [1.165, 1.54) is 5.56 Å². The standard InChI is InChI=1S/C11H16N4S/c1-3-10-9(6-15(2)14-10)11(13-12)8-4-5-16-7-8/h4-7,11,13H,3,12H2,1-2H3. The molecule has 2 aromatic rings. The highest BCUT2D eigenvalue weighted by atomic mass is 32.1. The number of aromatic nitrogens is 2. The number of nitrogens with zero attached hydrogens (tertiary/aromatic N) is 2. The lowest BCUT2D eigenvalue weighted by molar-refractivity contribution is 0.633. The predicted molar refractivity (Wildman–Crippen MR) is 66.1 cm³/mol. The van der Waals surface area contributed by atoms with Crippen molar-refractivity contribution in [2.75, 3.05) is 0 Å². The number of thiophene rings is 1. The Balaban J connectivity index is 2.40. The first-order valence-corrected chi connectivity index (χ1v) is 6.21. The first-order valence-electron chi connectivity index (χ1n) is 5.27. The van der Waals surface area contributed by atoms with Gasteiger partial charge in [-0.25, -0.2) is 5.43 Å². The SMILES string of the molecule is CCc1nn(C)cc1C(NN)c1ccsc1. The summed E-state index contributed by atoms with van der Waals surface area (Å²) in [5.74, 6) is 5.65. The van der Waals surface area contributed by atoms with Crippen LogP contribution in [0.5, 0.6) is 0 Å². The molecule has 4 nitrogen and oxygen atoms in total. The molecule has 0 aliphatic carbocycles. The molecule has 16 heavy (non-hydrogen) atoms. The summed E-state index contributed by atoms with van der Waals surface area (Å²) in [6.07, 6.45) is 2.94. The molecule has 2 heterocycles.